The van der Waals surface area contributed by atoms with Crippen LogP contribution in [0.25, 0.3) is 0 Å². The number of rotatable bonds is 3. The Balaban J connectivity index is 2.50. The van der Waals surface area contributed by atoms with Crippen molar-refractivity contribution in [2.24, 2.45) is 5.73 Å². The molecule has 1 aromatic carbocycles. The van der Waals surface area contributed by atoms with E-state index < -0.39 is 0 Å². The van der Waals surface area contributed by atoms with E-state index in [-0.39, 0.29) is 0 Å². The second-order valence-corrected chi connectivity index (χ2v) is 5.62. The quantitative estimate of drug-likeness (QED) is 0.840. The van der Waals surface area contributed by atoms with Crippen LogP contribution in [0.5, 0.6) is 0 Å². The van der Waals surface area contributed by atoms with Gasteiger partial charge in [0.1, 0.15) is 10.8 Å². The van der Waals surface area contributed by atoms with Crippen molar-refractivity contribution < 1.29 is 0 Å². The van der Waals surface area contributed by atoms with Crippen molar-refractivity contribution in [1.82, 2.24) is 4.98 Å². The molecule has 3 N–H and O–H groups in total. The summed E-state index contributed by atoms with van der Waals surface area (Å²) >= 11 is 11.4. The fourth-order valence-electron chi connectivity index (χ4n) is 2.09. The first-order valence-corrected chi connectivity index (χ1v) is 6.98. The number of halogens is 1. The number of hydrogen-bond donors (Lipinski definition) is 2. The Kier molecular flexibility index (Phi) is 4.26. The third-order valence-electron chi connectivity index (χ3n) is 2.97. The van der Waals surface area contributed by atoms with Crippen molar-refractivity contribution in [3.05, 3.63) is 51.7 Å². The normalized spacial score (nSPS) is 10.4. The first-order valence-electron chi connectivity index (χ1n) is 6.19. The molecule has 0 atom stereocenters. The smallest absolute Gasteiger partial charge is 0.141 e. The average molecular weight is 306 g/mol. The maximum Gasteiger partial charge on any atom is 0.141 e. The van der Waals surface area contributed by atoms with E-state index in [0.29, 0.717) is 15.8 Å². The monoisotopic (exact) mass is 305 g/mol. The third kappa shape index (κ3) is 3.08. The molecule has 0 aliphatic carbocycles. The van der Waals surface area contributed by atoms with Crippen molar-refractivity contribution in [1.29, 1.82) is 0 Å². The zero-order valence-electron chi connectivity index (χ0n) is 11.6. The van der Waals surface area contributed by atoms with Crippen LogP contribution in [-0.4, -0.2) is 9.97 Å². The zero-order chi connectivity index (χ0) is 14.9. The first-order chi connectivity index (χ1) is 9.38. The van der Waals surface area contributed by atoms with Crippen LogP contribution in [0.2, 0.25) is 5.02 Å². The Morgan fingerprint density at radius 3 is 2.55 bits per heavy atom. The van der Waals surface area contributed by atoms with Crippen LogP contribution >= 0.6 is 23.8 Å². The summed E-state index contributed by atoms with van der Waals surface area (Å²) in [6.45, 7) is 5.88. The predicted molar refractivity (Wildman–Crippen MR) is 89.1 cm³/mol. The van der Waals surface area contributed by atoms with Gasteiger partial charge in [0.2, 0.25) is 0 Å². The summed E-state index contributed by atoms with van der Waals surface area (Å²) in [5, 5.41) is 3.86. The van der Waals surface area contributed by atoms with Crippen LogP contribution in [0.3, 0.4) is 0 Å². The Labute approximate surface area is 129 Å². The molecule has 0 amide bonds. The first kappa shape index (κ1) is 14.8. The maximum atomic E-state index is 6.24. The van der Waals surface area contributed by atoms with Gasteiger partial charge in [-0.2, -0.15) is 0 Å². The molecule has 0 aliphatic rings. The molecule has 104 valence electrons. The number of anilines is 2. The molecule has 0 saturated carbocycles. The fraction of sp³-hybridized carbons (Fsp3) is 0.200. The largest absolute Gasteiger partial charge is 0.389 e. The van der Waals surface area contributed by atoms with E-state index in [2.05, 4.69) is 10.3 Å². The summed E-state index contributed by atoms with van der Waals surface area (Å²) in [6, 6.07) is 7.75. The van der Waals surface area contributed by atoms with Gasteiger partial charge in [-0.15, -0.1) is 0 Å². The van der Waals surface area contributed by atoms with E-state index in [9.17, 15) is 0 Å². The molecule has 20 heavy (non-hydrogen) atoms. The van der Waals surface area contributed by atoms with Gasteiger partial charge in [0.15, 0.2) is 0 Å². The van der Waals surface area contributed by atoms with E-state index >= 15 is 0 Å². The number of benzene rings is 1. The van der Waals surface area contributed by atoms with Crippen LogP contribution in [0.1, 0.15) is 22.4 Å². The van der Waals surface area contributed by atoms with E-state index in [1.165, 1.54) is 0 Å². The standard InChI is InChI=1S/C15H16ClN3S/c1-8-4-5-12(11(16)6-8)19-15-13(14(17)20)9(2)7-10(3)18-15/h4-7H,1-3H3,(H2,17,20)(H,18,19). The second kappa shape index (κ2) is 5.77. The molecule has 5 heteroatoms. The third-order valence-corrected chi connectivity index (χ3v) is 3.49. The molecular formula is C15H16ClN3S. The molecular weight excluding hydrogens is 290 g/mol. The summed E-state index contributed by atoms with van der Waals surface area (Å²) < 4.78 is 0. The van der Waals surface area contributed by atoms with E-state index in [4.69, 9.17) is 29.6 Å². The highest BCUT2D eigenvalue weighted by atomic mass is 35.5. The van der Waals surface area contributed by atoms with Crippen LogP contribution in [0.4, 0.5) is 11.5 Å². The molecule has 0 bridgehead atoms. The zero-order valence-corrected chi connectivity index (χ0v) is 13.2. The number of nitrogens with one attached hydrogen (secondary N) is 1. The molecule has 1 aromatic heterocycles. The van der Waals surface area contributed by atoms with Gasteiger partial charge in [-0.3, -0.25) is 0 Å². The van der Waals surface area contributed by atoms with Gasteiger partial charge < -0.3 is 11.1 Å². The molecule has 0 fully saturated rings. The highest BCUT2D eigenvalue weighted by Gasteiger charge is 2.12. The summed E-state index contributed by atoms with van der Waals surface area (Å²) in [5.74, 6) is 0.640. The summed E-state index contributed by atoms with van der Waals surface area (Å²) in [4.78, 5) is 4.80. The Bertz CT molecular complexity index is 683. The Morgan fingerprint density at radius 2 is 1.95 bits per heavy atom. The van der Waals surface area contributed by atoms with E-state index in [0.717, 1.165) is 28.1 Å². The number of aryl methyl sites for hydroxylation is 3. The highest BCUT2D eigenvalue weighted by Crippen LogP contribution is 2.28. The predicted octanol–water partition coefficient (Wildman–Crippen LogP) is 4.04. The molecule has 2 rings (SSSR count). The molecule has 1 heterocycles. The lowest BCUT2D eigenvalue weighted by Crippen LogP contribution is -2.15. The second-order valence-electron chi connectivity index (χ2n) is 4.78. The van der Waals surface area contributed by atoms with Crippen LogP contribution in [0.15, 0.2) is 24.3 Å². The molecule has 3 nitrogen and oxygen atoms in total. The summed E-state index contributed by atoms with van der Waals surface area (Å²) in [7, 11) is 0. The molecule has 0 aliphatic heterocycles. The van der Waals surface area contributed by atoms with Crippen LogP contribution < -0.4 is 11.1 Å². The number of aromatic nitrogens is 1. The van der Waals surface area contributed by atoms with Crippen molar-refractivity contribution in [3.63, 3.8) is 0 Å². The average Bonchev–Trinajstić information content (AvgIpc) is 2.31. The minimum absolute atomic E-state index is 0.320. The lowest BCUT2D eigenvalue weighted by atomic mass is 10.1. The number of nitrogens with zero attached hydrogens (tertiary/aromatic N) is 1. The number of pyridine rings is 1. The number of nitrogens with two attached hydrogens (primary N) is 1. The van der Waals surface area contributed by atoms with Gasteiger partial charge in [-0.05, 0) is 50.1 Å². The lowest BCUT2D eigenvalue weighted by Gasteiger charge is -2.15. The van der Waals surface area contributed by atoms with E-state index in [1.54, 1.807) is 0 Å². The van der Waals surface area contributed by atoms with Crippen molar-refractivity contribution in [3.8, 4) is 0 Å². The van der Waals surface area contributed by atoms with Gasteiger partial charge in [-0.25, -0.2) is 4.98 Å². The topological polar surface area (TPSA) is 50.9 Å². The van der Waals surface area contributed by atoms with Gasteiger partial charge in [0.05, 0.1) is 16.3 Å². The lowest BCUT2D eigenvalue weighted by molar-refractivity contribution is 1.17. The van der Waals surface area contributed by atoms with Crippen molar-refractivity contribution >= 4 is 40.3 Å². The molecule has 0 unspecified atom stereocenters. The van der Waals surface area contributed by atoms with Crippen molar-refractivity contribution in [2.75, 3.05) is 5.32 Å². The van der Waals surface area contributed by atoms with Gasteiger partial charge >= 0.3 is 0 Å². The van der Waals surface area contributed by atoms with E-state index in [1.807, 2.05) is 45.0 Å². The number of thiocarbonyl (C=S) groups is 1. The van der Waals surface area contributed by atoms with Crippen molar-refractivity contribution in [2.45, 2.75) is 20.8 Å². The highest BCUT2D eigenvalue weighted by molar-refractivity contribution is 7.80. The molecule has 0 saturated heterocycles. The van der Waals surface area contributed by atoms with Crippen LogP contribution in [-0.2, 0) is 0 Å². The summed E-state index contributed by atoms with van der Waals surface area (Å²) in [5.41, 5.74) is 10.3. The summed E-state index contributed by atoms with van der Waals surface area (Å²) in [6.07, 6.45) is 0. The van der Waals surface area contributed by atoms with Gasteiger partial charge in [0.25, 0.3) is 0 Å². The minimum Gasteiger partial charge on any atom is -0.389 e. The minimum atomic E-state index is 0.320. The fourth-order valence-corrected chi connectivity index (χ4v) is 2.63. The Hall–Kier alpha value is -1.65. The SMILES string of the molecule is Cc1ccc(Nc2nc(C)cc(C)c2C(N)=S)c(Cl)c1. The molecule has 0 radical (unpaired) electrons. The molecule has 2 aromatic rings. The van der Waals surface area contributed by atoms with Crippen LogP contribution in [0, 0.1) is 20.8 Å². The number of hydrogen-bond acceptors (Lipinski definition) is 3. The maximum absolute atomic E-state index is 6.24. The Morgan fingerprint density at radius 1 is 1.25 bits per heavy atom. The molecule has 0 spiro atoms. The van der Waals surface area contributed by atoms with Gasteiger partial charge in [-0.1, -0.05) is 29.9 Å². The van der Waals surface area contributed by atoms with Gasteiger partial charge in [0, 0.05) is 5.69 Å².